The molecule has 0 aliphatic carbocycles. The molecule has 4 nitrogen and oxygen atoms in total. The molecule has 1 N–H and O–H groups in total. The molecule has 0 amide bonds. The molecule has 0 aliphatic rings. The third-order valence-corrected chi connectivity index (χ3v) is 2.91. The molecule has 0 bridgehead atoms. The smallest absolute Gasteiger partial charge is 0.207 e. The molecular weight excluding hydrogens is 224 g/mol. The second-order valence-electron chi connectivity index (χ2n) is 4.21. The van der Waals surface area contributed by atoms with Crippen LogP contribution in [-0.2, 0) is 0 Å². The van der Waals surface area contributed by atoms with Crippen LogP contribution in [0.4, 0.5) is 5.95 Å². The molecular formula is C14H14N4. The number of fused-ring (bicyclic) bond motifs is 1. The molecule has 2 aromatic heterocycles. The number of nitrogens with zero attached hydrogens (tertiary/aromatic N) is 3. The fraction of sp³-hybridized carbons (Fsp3) is 0.143. The van der Waals surface area contributed by atoms with Gasteiger partial charge in [0.25, 0.3) is 0 Å². The van der Waals surface area contributed by atoms with Gasteiger partial charge >= 0.3 is 0 Å². The molecule has 0 saturated carbocycles. The highest BCUT2D eigenvalue weighted by Crippen LogP contribution is 2.20. The number of pyridine rings is 1. The summed E-state index contributed by atoms with van der Waals surface area (Å²) in [5.74, 6) is 0.843. The van der Waals surface area contributed by atoms with Crippen LogP contribution in [0.15, 0.2) is 42.7 Å². The van der Waals surface area contributed by atoms with E-state index in [1.165, 1.54) is 0 Å². The van der Waals surface area contributed by atoms with Crippen LogP contribution in [0.1, 0.15) is 5.69 Å². The minimum Gasteiger partial charge on any atom is -0.358 e. The molecule has 0 aliphatic heterocycles. The number of hydrogen-bond donors (Lipinski definition) is 1. The summed E-state index contributed by atoms with van der Waals surface area (Å²) in [5.41, 5.74) is 3.08. The van der Waals surface area contributed by atoms with Crippen molar-refractivity contribution in [2.45, 2.75) is 6.92 Å². The highest BCUT2D eigenvalue weighted by Gasteiger charge is 2.06. The lowest BCUT2D eigenvalue weighted by atomic mass is 10.2. The Labute approximate surface area is 105 Å². The number of nitrogens with one attached hydrogen (secondary N) is 1. The van der Waals surface area contributed by atoms with Crippen LogP contribution in [0.5, 0.6) is 0 Å². The van der Waals surface area contributed by atoms with Crippen molar-refractivity contribution in [3.05, 3.63) is 48.4 Å². The van der Waals surface area contributed by atoms with Gasteiger partial charge in [-0.05, 0) is 31.2 Å². The predicted octanol–water partition coefficient (Wildman–Crippen LogP) is 2.77. The molecule has 0 atom stereocenters. The summed E-state index contributed by atoms with van der Waals surface area (Å²) in [5, 5.41) is 4.23. The van der Waals surface area contributed by atoms with E-state index >= 15 is 0 Å². The SMILES string of the molecule is CNc1nc(C)cn1-c1ccc2ncccc2c1. The van der Waals surface area contributed by atoms with Gasteiger partial charge in [0, 0.05) is 30.5 Å². The number of aromatic nitrogens is 3. The van der Waals surface area contributed by atoms with Crippen LogP contribution in [-0.4, -0.2) is 21.6 Å². The summed E-state index contributed by atoms with van der Waals surface area (Å²) in [4.78, 5) is 8.75. The average Bonchev–Trinajstić information content (AvgIpc) is 2.79. The van der Waals surface area contributed by atoms with Crippen molar-refractivity contribution in [1.82, 2.24) is 14.5 Å². The standard InChI is InChI=1S/C14H14N4/c1-10-9-18(14(15-2)17-10)12-5-6-13-11(8-12)4-3-7-16-13/h3-9H,1-2H3,(H,15,17). The second-order valence-corrected chi connectivity index (χ2v) is 4.21. The largest absolute Gasteiger partial charge is 0.358 e. The Kier molecular flexibility index (Phi) is 2.48. The zero-order chi connectivity index (χ0) is 12.5. The van der Waals surface area contributed by atoms with Crippen molar-refractivity contribution >= 4 is 16.9 Å². The highest BCUT2D eigenvalue weighted by molar-refractivity contribution is 5.80. The molecule has 3 rings (SSSR count). The van der Waals surface area contributed by atoms with Gasteiger partial charge in [-0.1, -0.05) is 6.07 Å². The van der Waals surface area contributed by atoms with Gasteiger partial charge in [-0.15, -0.1) is 0 Å². The zero-order valence-corrected chi connectivity index (χ0v) is 10.4. The van der Waals surface area contributed by atoms with Gasteiger partial charge < -0.3 is 5.32 Å². The summed E-state index contributed by atoms with van der Waals surface area (Å²) in [6, 6.07) is 10.2. The number of imidazole rings is 1. The fourth-order valence-electron chi connectivity index (χ4n) is 2.08. The van der Waals surface area contributed by atoms with E-state index in [2.05, 4.69) is 33.5 Å². The average molecular weight is 238 g/mol. The van der Waals surface area contributed by atoms with E-state index in [9.17, 15) is 0 Å². The first-order chi connectivity index (χ1) is 8.78. The summed E-state index contributed by atoms with van der Waals surface area (Å²) in [7, 11) is 1.88. The maximum atomic E-state index is 4.42. The third-order valence-electron chi connectivity index (χ3n) is 2.91. The van der Waals surface area contributed by atoms with Crippen LogP contribution < -0.4 is 5.32 Å². The van der Waals surface area contributed by atoms with Crippen molar-refractivity contribution < 1.29 is 0 Å². The van der Waals surface area contributed by atoms with Crippen molar-refractivity contribution in [1.29, 1.82) is 0 Å². The summed E-state index contributed by atoms with van der Waals surface area (Å²) in [6.07, 6.45) is 3.83. The van der Waals surface area contributed by atoms with E-state index in [1.54, 1.807) is 0 Å². The van der Waals surface area contributed by atoms with E-state index in [0.29, 0.717) is 0 Å². The number of hydrogen-bond acceptors (Lipinski definition) is 3. The third kappa shape index (κ3) is 1.72. The quantitative estimate of drug-likeness (QED) is 0.746. The maximum absolute atomic E-state index is 4.42. The Morgan fingerprint density at radius 2 is 2.11 bits per heavy atom. The minimum atomic E-state index is 0.843. The second kappa shape index (κ2) is 4.14. The van der Waals surface area contributed by atoms with Gasteiger partial charge in [0.05, 0.1) is 11.2 Å². The molecule has 0 fully saturated rings. The van der Waals surface area contributed by atoms with Crippen LogP contribution in [0, 0.1) is 6.92 Å². The molecule has 2 heterocycles. The molecule has 0 spiro atoms. The Balaban J connectivity index is 2.18. The van der Waals surface area contributed by atoms with E-state index in [-0.39, 0.29) is 0 Å². The summed E-state index contributed by atoms with van der Waals surface area (Å²) in [6.45, 7) is 1.99. The Morgan fingerprint density at radius 3 is 2.94 bits per heavy atom. The monoisotopic (exact) mass is 238 g/mol. The Hall–Kier alpha value is -2.36. The van der Waals surface area contributed by atoms with Gasteiger partial charge in [0.1, 0.15) is 0 Å². The van der Waals surface area contributed by atoms with E-state index < -0.39 is 0 Å². The van der Waals surface area contributed by atoms with Crippen LogP contribution in [0.25, 0.3) is 16.6 Å². The highest BCUT2D eigenvalue weighted by atomic mass is 15.2. The first kappa shape index (κ1) is 10.8. The van der Waals surface area contributed by atoms with Gasteiger partial charge in [-0.3, -0.25) is 9.55 Å². The Bertz CT molecular complexity index is 700. The molecule has 0 saturated heterocycles. The Morgan fingerprint density at radius 1 is 1.22 bits per heavy atom. The number of aryl methyl sites for hydroxylation is 1. The predicted molar refractivity (Wildman–Crippen MR) is 73.1 cm³/mol. The summed E-state index contributed by atoms with van der Waals surface area (Å²) >= 11 is 0. The topological polar surface area (TPSA) is 42.7 Å². The summed E-state index contributed by atoms with van der Waals surface area (Å²) < 4.78 is 2.04. The van der Waals surface area contributed by atoms with Crippen molar-refractivity contribution in [2.24, 2.45) is 0 Å². The number of anilines is 1. The van der Waals surface area contributed by atoms with Gasteiger partial charge in [-0.2, -0.15) is 0 Å². The fourth-order valence-corrected chi connectivity index (χ4v) is 2.08. The first-order valence-electron chi connectivity index (χ1n) is 5.87. The molecule has 18 heavy (non-hydrogen) atoms. The lowest BCUT2D eigenvalue weighted by Gasteiger charge is -2.07. The van der Waals surface area contributed by atoms with Crippen LogP contribution in [0.3, 0.4) is 0 Å². The first-order valence-corrected chi connectivity index (χ1v) is 5.87. The molecule has 0 radical (unpaired) electrons. The molecule has 0 unspecified atom stereocenters. The van der Waals surface area contributed by atoms with Gasteiger partial charge in [0.15, 0.2) is 0 Å². The lowest BCUT2D eigenvalue weighted by molar-refractivity contribution is 1.06. The zero-order valence-electron chi connectivity index (χ0n) is 10.4. The van der Waals surface area contributed by atoms with Crippen molar-refractivity contribution in [2.75, 3.05) is 12.4 Å². The lowest BCUT2D eigenvalue weighted by Crippen LogP contribution is -2.00. The van der Waals surface area contributed by atoms with Crippen LogP contribution >= 0.6 is 0 Å². The van der Waals surface area contributed by atoms with E-state index in [4.69, 9.17) is 0 Å². The van der Waals surface area contributed by atoms with E-state index in [1.807, 2.05) is 43.1 Å². The number of benzene rings is 1. The van der Waals surface area contributed by atoms with Crippen molar-refractivity contribution in [3.8, 4) is 5.69 Å². The molecule has 4 heteroatoms. The number of rotatable bonds is 2. The van der Waals surface area contributed by atoms with Crippen molar-refractivity contribution in [3.63, 3.8) is 0 Å². The normalized spacial score (nSPS) is 10.8. The van der Waals surface area contributed by atoms with Crippen LogP contribution in [0.2, 0.25) is 0 Å². The maximum Gasteiger partial charge on any atom is 0.207 e. The molecule has 3 aromatic rings. The molecule has 1 aromatic carbocycles. The van der Waals surface area contributed by atoms with Gasteiger partial charge in [-0.25, -0.2) is 4.98 Å². The molecule has 90 valence electrons. The van der Waals surface area contributed by atoms with E-state index in [0.717, 1.165) is 28.2 Å². The van der Waals surface area contributed by atoms with Gasteiger partial charge in [0.2, 0.25) is 5.95 Å². The minimum absolute atomic E-state index is 0.843.